The van der Waals surface area contributed by atoms with E-state index in [1.54, 1.807) is 13.0 Å². The van der Waals surface area contributed by atoms with E-state index in [2.05, 4.69) is 15.2 Å². The molecule has 0 aliphatic carbocycles. The molecule has 3 aliphatic heterocycles. The van der Waals surface area contributed by atoms with Gasteiger partial charge in [0.05, 0.1) is 11.6 Å². The zero-order chi connectivity index (χ0) is 27.4. The molecule has 1 aromatic heterocycles. The number of nitrogens with zero attached hydrogens (tertiary/aromatic N) is 3. The Hall–Kier alpha value is -3.24. The Bertz CT molecular complexity index is 1300. The van der Waals surface area contributed by atoms with Crippen LogP contribution in [0.3, 0.4) is 0 Å². The maximum atomic E-state index is 15.9. The predicted octanol–water partition coefficient (Wildman–Crippen LogP) is 3.33. The molecule has 2 fully saturated rings. The van der Waals surface area contributed by atoms with Crippen LogP contribution < -0.4 is 5.32 Å². The number of aliphatic hydroxyl groups is 1. The number of rotatable bonds is 5. The van der Waals surface area contributed by atoms with Crippen LogP contribution in [0.1, 0.15) is 74.0 Å². The first-order valence-corrected chi connectivity index (χ1v) is 13.0. The number of carbonyl (C=O) groups is 3. The van der Waals surface area contributed by atoms with Crippen molar-refractivity contribution in [2.45, 2.75) is 70.7 Å². The highest BCUT2D eigenvalue weighted by atomic mass is 19.1. The van der Waals surface area contributed by atoms with Gasteiger partial charge in [-0.15, -0.1) is 0 Å². The van der Waals surface area contributed by atoms with Crippen molar-refractivity contribution in [1.82, 2.24) is 20.1 Å². The number of nitrogens with one attached hydrogen (secondary N) is 1. The van der Waals surface area contributed by atoms with Crippen LogP contribution in [0, 0.1) is 17.6 Å². The highest BCUT2D eigenvalue weighted by Gasteiger charge is 2.45. The largest absolute Gasteiger partial charge is 0.390 e. The van der Waals surface area contributed by atoms with E-state index in [1.165, 1.54) is 23.2 Å². The minimum absolute atomic E-state index is 0.0476. The molecule has 2 aromatic rings. The number of hydrogen-bond donors (Lipinski definition) is 2. The molecule has 0 bridgehead atoms. The van der Waals surface area contributed by atoms with Crippen molar-refractivity contribution < 1.29 is 28.3 Å². The molecule has 0 radical (unpaired) electrons. The summed E-state index contributed by atoms with van der Waals surface area (Å²) in [6.45, 7) is 7.02. The Morgan fingerprint density at radius 3 is 2.39 bits per heavy atom. The maximum absolute atomic E-state index is 15.9. The van der Waals surface area contributed by atoms with Crippen molar-refractivity contribution >= 4 is 17.7 Å². The Morgan fingerprint density at radius 2 is 1.74 bits per heavy atom. The maximum Gasteiger partial charge on any atom is 0.255 e. The molecule has 1 aromatic carbocycles. The second-order valence-corrected chi connectivity index (χ2v) is 11.1. The summed E-state index contributed by atoms with van der Waals surface area (Å²) in [5.41, 5.74) is -0.321. The van der Waals surface area contributed by atoms with Gasteiger partial charge in [-0.05, 0) is 77.2 Å². The number of benzene rings is 1. The summed E-state index contributed by atoms with van der Waals surface area (Å²) in [6, 6.07) is 2.74. The molecule has 0 saturated carbocycles. The molecular formula is C28H32F2N4O4. The van der Waals surface area contributed by atoms with Crippen LogP contribution in [0.15, 0.2) is 24.4 Å². The van der Waals surface area contributed by atoms with Crippen LogP contribution in [0.4, 0.5) is 8.78 Å². The van der Waals surface area contributed by atoms with Gasteiger partial charge >= 0.3 is 0 Å². The molecule has 38 heavy (non-hydrogen) atoms. The van der Waals surface area contributed by atoms with Gasteiger partial charge in [-0.25, -0.2) is 8.78 Å². The molecule has 202 valence electrons. The molecule has 2 unspecified atom stereocenters. The number of aromatic nitrogens is 1. The van der Waals surface area contributed by atoms with Gasteiger partial charge < -0.3 is 10.0 Å². The van der Waals surface area contributed by atoms with Gasteiger partial charge in [-0.3, -0.25) is 29.6 Å². The zero-order valence-electron chi connectivity index (χ0n) is 21.8. The monoisotopic (exact) mass is 526 g/mol. The Labute approximate surface area is 220 Å². The zero-order valence-corrected chi connectivity index (χ0v) is 21.8. The van der Waals surface area contributed by atoms with Gasteiger partial charge in [-0.1, -0.05) is 0 Å². The van der Waals surface area contributed by atoms with Crippen LogP contribution in [0.2, 0.25) is 0 Å². The van der Waals surface area contributed by atoms with Crippen molar-refractivity contribution in [3.05, 3.63) is 52.7 Å². The average molecular weight is 527 g/mol. The van der Waals surface area contributed by atoms with Crippen molar-refractivity contribution in [2.24, 2.45) is 5.92 Å². The fourth-order valence-electron chi connectivity index (χ4n) is 6.02. The number of piperidine rings is 2. The van der Waals surface area contributed by atoms with E-state index in [1.807, 2.05) is 13.8 Å². The smallest absolute Gasteiger partial charge is 0.255 e. The number of amides is 3. The second-order valence-electron chi connectivity index (χ2n) is 11.1. The minimum Gasteiger partial charge on any atom is -0.390 e. The van der Waals surface area contributed by atoms with E-state index in [0.29, 0.717) is 12.1 Å². The van der Waals surface area contributed by atoms with Gasteiger partial charge in [0.15, 0.2) is 5.82 Å². The predicted molar refractivity (Wildman–Crippen MR) is 135 cm³/mol. The lowest BCUT2D eigenvalue weighted by atomic mass is 9.83. The highest BCUT2D eigenvalue weighted by molar-refractivity contribution is 6.06. The van der Waals surface area contributed by atoms with Crippen LogP contribution in [-0.4, -0.2) is 62.3 Å². The molecule has 5 rings (SSSR count). The number of fused-ring (bicyclic) bond motifs is 1. The molecule has 3 aliphatic rings. The lowest BCUT2D eigenvalue weighted by Crippen LogP contribution is -2.53. The molecule has 2 saturated heterocycles. The highest BCUT2D eigenvalue weighted by Crippen LogP contribution is 2.41. The minimum atomic E-state index is -0.885. The van der Waals surface area contributed by atoms with E-state index >= 15 is 8.78 Å². The summed E-state index contributed by atoms with van der Waals surface area (Å²) in [4.78, 5) is 44.7. The van der Waals surface area contributed by atoms with Crippen molar-refractivity contribution in [3.8, 4) is 11.3 Å². The Morgan fingerprint density at radius 1 is 1.05 bits per heavy atom. The number of likely N-dealkylation sites (tertiary alicyclic amines) is 1. The van der Waals surface area contributed by atoms with Crippen LogP contribution in [0.5, 0.6) is 0 Å². The lowest BCUT2D eigenvalue weighted by Gasteiger charge is -2.37. The molecule has 2 atom stereocenters. The third-order valence-corrected chi connectivity index (χ3v) is 8.23. The van der Waals surface area contributed by atoms with Crippen LogP contribution in [-0.2, 0) is 16.1 Å². The number of carbonyl (C=O) groups excluding carboxylic acids is 3. The van der Waals surface area contributed by atoms with E-state index in [9.17, 15) is 19.5 Å². The van der Waals surface area contributed by atoms with Gasteiger partial charge in [-0.2, -0.15) is 0 Å². The first-order chi connectivity index (χ1) is 18.0. The first-order valence-electron chi connectivity index (χ1n) is 13.0. The number of halogens is 2. The fourth-order valence-corrected chi connectivity index (χ4v) is 6.02. The fraction of sp³-hybridized carbons (Fsp3) is 0.500. The SMILES string of the molecule is CC1c2c(ccc(-c3nccc(CN4CCC(C(C)(C)O)CC4)c3F)c2F)C(=O)N1C1CCC(=O)NC1=O. The summed E-state index contributed by atoms with van der Waals surface area (Å²) in [5.74, 6) is -2.66. The normalized spacial score (nSPS) is 23.1. The number of pyridine rings is 1. The summed E-state index contributed by atoms with van der Waals surface area (Å²) < 4.78 is 31.6. The number of hydrogen-bond acceptors (Lipinski definition) is 6. The van der Waals surface area contributed by atoms with E-state index in [0.717, 1.165) is 25.9 Å². The van der Waals surface area contributed by atoms with Crippen molar-refractivity contribution in [3.63, 3.8) is 0 Å². The number of imide groups is 1. The van der Waals surface area contributed by atoms with E-state index in [4.69, 9.17) is 0 Å². The topological polar surface area (TPSA) is 103 Å². The second kappa shape index (κ2) is 9.81. The molecular weight excluding hydrogens is 494 g/mol. The van der Waals surface area contributed by atoms with Gasteiger partial charge in [0.25, 0.3) is 5.91 Å². The summed E-state index contributed by atoms with van der Waals surface area (Å²) in [6.07, 6.45) is 3.31. The van der Waals surface area contributed by atoms with E-state index < -0.39 is 47.0 Å². The van der Waals surface area contributed by atoms with Crippen LogP contribution >= 0.6 is 0 Å². The lowest BCUT2D eigenvalue weighted by molar-refractivity contribution is -0.137. The van der Waals surface area contributed by atoms with Gasteiger partial charge in [0.1, 0.15) is 17.6 Å². The van der Waals surface area contributed by atoms with Gasteiger partial charge in [0.2, 0.25) is 11.8 Å². The molecule has 4 heterocycles. The third-order valence-electron chi connectivity index (χ3n) is 8.23. The summed E-state index contributed by atoms with van der Waals surface area (Å²) >= 11 is 0. The summed E-state index contributed by atoms with van der Waals surface area (Å²) in [7, 11) is 0. The first kappa shape index (κ1) is 26.4. The van der Waals surface area contributed by atoms with Crippen molar-refractivity contribution in [1.29, 1.82) is 0 Å². The average Bonchev–Trinajstić information content (AvgIpc) is 3.11. The van der Waals surface area contributed by atoms with E-state index in [-0.39, 0.29) is 41.1 Å². The quantitative estimate of drug-likeness (QED) is 0.580. The Kier molecular flexibility index (Phi) is 6.81. The molecule has 3 amide bonds. The standard InChI is InChI=1S/C28H32F2N4O4/c1-15-22-18(27(37)34(15)20-6-7-21(35)32-26(20)36)4-5-19(24(22)30)25-23(29)16(8-11-31-25)14-33-12-9-17(10-13-33)28(2,3)38/h4-5,8,11,15,17,20,38H,6-7,9-10,12-14H2,1-3H3,(H,32,35,36). The van der Waals surface area contributed by atoms with Gasteiger partial charge in [0, 0.05) is 41.4 Å². The molecule has 0 spiro atoms. The molecule has 2 N–H and O–H groups in total. The summed E-state index contributed by atoms with van der Waals surface area (Å²) in [5, 5.41) is 12.5. The van der Waals surface area contributed by atoms with Crippen molar-refractivity contribution in [2.75, 3.05) is 13.1 Å². The van der Waals surface area contributed by atoms with Crippen LogP contribution in [0.25, 0.3) is 11.3 Å². The Balaban J connectivity index is 1.40. The molecule has 8 nitrogen and oxygen atoms in total. The molecule has 10 heteroatoms. The third kappa shape index (κ3) is 4.60.